The van der Waals surface area contributed by atoms with E-state index in [1.54, 1.807) is 6.20 Å². The molecule has 0 saturated heterocycles. The first-order valence-electron chi connectivity index (χ1n) is 2.46. The molecule has 9 heavy (non-hydrogen) atoms. The van der Waals surface area contributed by atoms with Gasteiger partial charge in [-0.15, -0.1) is 0 Å². The van der Waals surface area contributed by atoms with E-state index in [-0.39, 0.29) is 0 Å². The van der Waals surface area contributed by atoms with Crippen molar-refractivity contribution in [3.63, 3.8) is 0 Å². The van der Waals surface area contributed by atoms with Gasteiger partial charge in [0.25, 0.3) is 0 Å². The molecule has 0 fully saturated rings. The topological polar surface area (TPSA) is 27.0 Å². The molecule has 4 heteroatoms. The SMILES string of the molecule is c1cnc2c(c1)S[N]S2. The van der Waals surface area contributed by atoms with E-state index < -0.39 is 0 Å². The van der Waals surface area contributed by atoms with Gasteiger partial charge in [-0.25, -0.2) is 4.98 Å². The lowest BCUT2D eigenvalue weighted by Crippen LogP contribution is -1.73. The van der Waals surface area contributed by atoms with Crippen molar-refractivity contribution in [2.45, 2.75) is 9.92 Å². The monoisotopic (exact) mass is 155 g/mol. The van der Waals surface area contributed by atoms with Crippen molar-refractivity contribution in [2.75, 3.05) is 0 Å². The molecule has 1 aromatic heterocycles. The standard InChI is InChI=1S/C5H3N2S2/c1-2-4-5(6-3-1)9-7-8-4/h1-3H. The Kier molecular flexibility index (Phi) is 1.37. The minimum Gasteiger partial charge on any atom is -0.247 e. The number of fused-ring (bicyclic) bond motifs is 1. The second-order valence-electron chi connectivity index (χ2n) is 1.56. The molecule has 0 atom stereocenters. The molecule has 0 bridgehead atoms. The van der Waals surface area contributed by atoms with Gasteiger partial charge in [-0.05, 0) is 24.1 Å². The number of aromatic nitrogens is 1. The van der Waals surface area contributed by atoms with E-state index in [1.165, 1.54) is 28.8 Å². The molecule has 1 aliphatic heterocycles. The Morgan fingerprint density at radius 3 is 3.22 bits per heavy atom. The molecule has 0 amide bonds. The average Bonchev–Trinajstić information content (AvgIpc) is 2.33. The summed E-state index contributed by atoms with van der Waals surface area (Å²) >= 11 is 2.94. The summed E-state index contributed by atoms with van der Waals surface area (Å²) in [4.78, 5) is 5.28. The summed E-state index contributed by atoms with van der Waals surface area (Å²) in [6.07, 6.45) is 1.78. The van der Waals surface area contributed by atoms with Gasteiger partial charge in [-0.2, -0.15) is 0 Å². The average molecular weight is 155 g/mol. The largest absolute Gasteiger partial charge is 0.247 e. The van der Waals surface area contributed by atoms with Crippen LogP contribution >= 0.6 is 23.9 Å². The summed E-state index contributed by atoms with van der Waals surface area (Å²) in [5.74, 6) is 0. The first-order valence-corrected chi connectivity index (χ1v) is 4.01. The summed E-state index contributed by atoms with van der Waals surface area (Å²) in [6, 6.07) is 3.95. The van der Waals surface area contributed by atoms with Crippen LogP contribution in [0.2, 0.25) is 0 Å². The molecule has 2 heterocycles. The third-order valence-electron chi connectivity index (χ3n) is 0.996. The van der Waals surface area contributed by atoms with Crippen molar-refractivity contribution in [2.24, 2.45) is 0 Å². The molecule has 0 aromatic carbocycles. The van der Waals surface area contributed by atoms with Crippen LogP contribution in [0.15, 0.2) is 28.3 Å². The van der Waals surface area contributed by atoms with Crippen molar-refractivity contribution >= 4 is 23.9 Å². The number of pyridine rings is 1. The van der Waals surface area contributed by atoms with Crippen molar-refractivity contribution in [1.29, 1.82) is 0 Å². The van der Waals surface area contributed by atoms with E-state index in [0.717, 1.165) is 5.03 Å². The third-order valence-corrected chi connectivity index (χ3v) is 2.75. The fraction of sp³-hybridized carbons (Fsp3) is 0. The van der Waals surface area contributed by atoms with Gasteiger partial charge in [-0.1, -0.05) is 4.13 Å². The first-order chi connectivity index (χ1) is 4.47. The van der Waals surface area contributed by atoms with Gasteiger partial charge >= 0.3 is 0 Å². The van der Waals surface area contributed by atoms with Crippen LogP contribution in [0.5, 0.6) is 0 Å². The zero-order valence-electron chi connectivity index (χ0n) is 4.44. The molecule has 2 nitrogen and oxygen atoms in total. The maximum Gasteiger partial charge on any atom is 0.128 e. The number of rotatable bonds is 0. The van der Waals surface area contributed by atoms with Crippen molar-refractivity contribution in [3.05, 3.63) is 18.3 Å². The smallest absolute Gasteiger partial charge is 0.128 e. The van der Waals surface area contributed by atoms with Gasteiger partial charge in [-0.3, -0.25) is 0 Å². The van der Waals surface area contributed by atoms with Crippen LogP contribution in [0.1, 0.15) is 0 Å². The number of nitrogens with zero attached hydrogens (tertiary/aromatic N) is 2. The summed E-state index contributed by atoms with van der Waals surface area (Å²) in [5.41, 5.74) is 0. The molecule has 0 saturated carbocycles. The van der Waals surface area contributed by atoms with Crippen LogP contribution < -0.4 is 4.13 Å². The van der Waals surface area contributed by atoms with Gasteiger partial charge < -0.3 is 0 Å². The summed E-state index contributed by atoms with van der Waals surface area (Å²) < 4.78 is 4.02. The number of hydrogen-bond donors (Lipinski definition) is 0. The molecule has 1 aliphatic rings. The molecule has 1 radical (unpaired) electrons. The zero-order chi connectivity index (χ0) is 6.10. The number of hydrogen-bond acceptors (Lipinski definition) is 3. The van der Waals surface area contributed by atoms with Gasteiger partial charge in [0, 0.05) is 18.1 Å². The van der Waals surface area contributed by atoms with E-state index in [0.29, 0.717) is 0 Å². The van der Waals surface area contributed by atoms with E-state index in [2.05, 4.69) is 9.11 Å². The maximum absolute atomic E-state index is 4.11. The zero-order valence-corrected chi connectivity index (χ0v) is 6.08. The summed E-state index contributed by atoms with van der Waals surface area (Å²) in [6.45, 7) is 0. The first kappa shape index (κ1) is 5.58. The molecular formula is C5H3N2S2. The lowest BCUT2D eigenvalue weighted by atomic mass is 10.5. The Labute approximate surface area is 61.7 Å². The van der Waals surface area contributed by atoms with Crippen LogP contribution in [0.3, 0.4) is 0 Å². The van der Waals surface area contributed by atoms with Crippen molar-refractivity contribution in [3.8, 4) is 0 Å². The van der Waals surface area contributed by atoms with E-state index in [9.17, 15) is 0 Å². The molecule has 0 N–H and O–H groups in total. The highest BCUT2D eigenvalue weighted by molar-refractivity contribution is 8.15. The molecule has 0 unspecified atom stereocenters. The highest BCUT2D eigenvalue weighted by Crippen LogP contribution is 2.36. The van der Waals surface area contributed by atoms with E-state index >= 15 is 0 Å². The Morgan fingerprint density at radius 2 is 2.33 bits per heavy atom. The van der Waals surface area contributed by atoms with Crippen LogP contribution in [-0.2, 0) is 0 Å². The Bertz CT molecular complexity index is 203. The van der Waals surface area contributed by atoms with Crippen LogP contribution in [0, 0.1) is 0 Å². The van der Waals surface area contributed by atoms with Crippen LogP contribution in [-0.4, -0.2) is 4.98 Å². The quantitative estimate of drug-likeness (QED) is 0.534. The Hall–Kier alpha value is -0.190. The highest BCUT2D eigenvalue weighted by Gasteiger charge is 2.12. The second kappa shape index (κ2) is 2.21. The lowest BCUT2D eigenvalue weighted by Gasteiger charge is -1.87. The minimum atomic E-state index is 1.03. The Morgan fingerprint density at radius 1 is 1.33 bits per heavy atom. The summed E-state index contributed by atoms with van der Waals surface area (Å²) in [5, 5.41) is 1.03. The van der Waals surface area contributed by atoms with Gasteiger partial charge in [0.15, 0.2) is 0 Å². The van der Waals surface area contributed by atoms with Gasteiger partial charge in [0.1, 0.15) is 5.03 Å². The van der Waals surface area contributed by atoms with Crippen LogP contribution in [0.25, 0.3) is 0 Å². The maximum atomic E-state index is 4.11. The second-order valence-corrected chi connectivity index (χ2v) is 3.35. The molecule has 0 spiro atoms. The van der Waals surface area contributed by atoms with Gasteiger partial charge in [0.05, 0.1) is 4.90 Å². The highest BCUT2D eigenvalue weighted by atomic mass is 32.2. The van der Waals surface area contributed by atoms with Gasteiger partial charge in [0.2, 0.25) is 0 Å². The Balaban J connectivity index is 2.54. The predicted molar refractivity (Wildman–Crippen MR) is 38.1 cm³/mol. The van der Waals surface area contributed by atoms with Crippen LogP contribution in [0.4, 0.5) is 0 Å². The molecule has 0 aliphatic carbocycles. The van der Waals surface area contributed by atoms with Crippen molar-refractivity contribution in [1.82, 2.24) is 9.11 Å². The molecular weight excluding hydrogens is 152 g/mol. The fourth-order valence-electron chi connectivity index (χ4n) is 0.608. The fourth-order valence-corrected chi connectivity index (χ4v) is 2.12. The minimum absolute atomic E-state index is 1.03. The predicted octanol–water partition coefficient (Wildman–Crippen LogP) is 1.71. The van der Waals surface area contributed by atoms with E-state index in [1.807, 2.05) is 12.1 Å². The summed E-state index contributed by atoms with van der Waals surface area (Å²) in [7, 11) is 0. The van der Waals surface area contributed by atoms with E-state index in [4.69, 9.17) is 0 Å². The molecule has 2 rings (SSSR count). The molecule has 45 valence electrons. The lowest BCUT2D eigenvalue weighted by molar-refractivity contribution is 1.05. The van der Waals surface area contributed by atoms with Crippen molar-refractivity contribution < 1.29 is 0 Å². The normalized spacial score (nSPS) is 15.6. The third kappa shape index (κ3) is 0.933. The molecule has 1 aromatic rings.